The van der Waals surface area contributed by atoms with Gasteiger partial charge in [-0.3, -0.25) is 4.79 Å². The van der Waals surface area contributed by atoms with Crippen LogP contribution in [-0.2, 0) is 11.3 Å². The van der Waals surface area contributed by atoms with Crippen molar-refractivity contribution in [1.29, 1.82) is 0 Å². The molecule has 2 rings (SSSR count). The highest BCUT2D eigenvalue weighted by molar-refractivity contribution is 5.77. The van der Waals surface area contributed by atoms with Gasteiger partial charge in [-0.2, -0.15) is 0 Å². The maximum atomic E-state index is 12.2. The van der Waals surface area contributed by atoms with Crippen molar-refractivity contribution in [2.45, 2.75) is 34.2 Å². The summed E-state index contributed by atoms with van der Waals surface area (Å²) in [4.78, 5) is 14.5. The molecule has 2 aromatic carbocycles. The molecule has 0 fully saturated rings. The molecule has 2 aromatic rings. The first kappa shape index (κ1) is 23.5. The van der Waals surface area contributed by atoms with E-state index in [4.69, 9.17) is 14.2 Å². The second-order valence-corrected chi connectivity index (χ2v) is 7.19. The Bertz CT molecular complexity index is 819. The Morgan fingerprint density at radius 2 is 1.73 bits per heavy atom. The number of carbonyl (C=O) groups is 1. The zero-order valence-corrected chi connectivity index (χ0v) is 18.8. The monoisotopic (exact) mass is 414 g/mol. The number of aryl methyl sites for hydroxylation is 2. The van der Waals surface area contributed by atoms with Crippen LogP contribution in [0.25, 0.3) is 0 Å². The van der Waals surface area contributed by atoms with Gasteiger partial charge in [0, 0.05) is 13.1 Å². The molecule has 0 aliphatic rings. The average Bonchev–Trinajstić information content (AvgIpc) is 2.76. The average molecular weight is 415 g/mol. The number of nitrogens with zero attached hydrogens (tertiary/aromatic N) is 1. The van der Waals surface area contributed by atoms with Crippen molar-refractivity contribution >= 4 is 5.91 Å². The first-order valence-corrected chi connectivity index (χ1v) is 10.5. The Balaban J connectivity index is 1.84. The van der Waals surface area contributed by atoms with E-state index < -0.39 is 0 Å². The molecule has 0 heterocycles. The Morgan fingerprint density at radius 3 is 2.43 bits per heavy atom. The van der Waals surface area contributed by atoms with Gasteiger partial charge < -0.3 is 24.4 Å². The van der Waals surface area contributed by atoms with Crippen molar-refractivity contribution in [3.8, 4) is 17.2 Å². The SMILES string of the molecule is CCN(CC)CCOc1ccc(CNC(=O)COc2cc(C)ccc2C)cc1OC. The van der Waals surface area contributed by atoms with Crippen molar-refractivity contribution in [2.24, 2.45) is 0 Å². The minimum Gasteiger partial charge on any atom is -0.493 e. The van der Waals surface area contributed by atoms with E-state index >= 15 is 0 Å². The Kier molecular flexibility index (Phi) is 9.48. The number of methoxy groups -OCH3 is 1. The Morgan fingerprint density at radius 1 is 0.967 bits per heavy atom. The van der Waals surface area contributed by atoms with Gasteiger partial charge in [-0.15, -0.1) is 0 Å². The lowest BCUT2D eigenvalue weighted by atomic mass is 10.1. The lowest BCUT2D eigenvalue weighted by molar-refractivity contribution is -0.123. The summed E-state index contributed by atoms with van der Waals surface area (Å²) in [5.74, 6) is 1.93. The highest BCUT2D eigenvalue weighted by Gasteiger charge is 2.09. The predicted molar refractivity (Wildman–Crippen MR) is 120 cm³/mol. The molecule has 30 heavy (non-hydrogen) atoms. The number of amides is 1. The number of hydrogen-bond donors (Lipinski definition) is 1. The smallest absolute Gasteiger partial charge is 0.258 e. The van der Waals surface area contributed by atoms with Crippen molar-refractivity contribution < 1.29 is 19.0 Å². The van der Waals surface area contributed by atoms with E-state index in [0.29, 0.717) is 24.7 Å². The van der Waals surface area contributed by atoms with Gasteiger partial charge >= 0.3 is 0 Å². The standard InChI is InChI=1S/C24H34N2O4/c1-6-26(7-2)12-13-29-21-11-10-20(15-23(21)28-5)16-25-24(27)17-30-22-14-18(3)8-9-19(22)4/h8-11,14-15H,6-7,12-13,16-17H2,1-5H3,(H,25,27). The van der Waals surface area contributed by atoms with E-state index in [1.54, 1.807) is 7.11 Å². The van der Waals surface area contributed by atoms with Crippen LogP contribution in [0.4, 0.5) is 0 Å². The number of carbonyl (C=O) groups excluding carboxylic acids is 1. The third kappa shape index (κ3) is 7.26. The molecule has 6 heteroatoms. The minimum atomic E-state index is -0.172. The molecule has 164 valence electrons. The molecule has 1 N–H and O–H groups in total. The summed E-state index contributed by atoms with van der Waals surface area (Å²) in [6.07, 6.45) is 0. The van der Waals surface area contributed by atoms with Gasteiger partial charge in [-0.05, 0) is 61.8 Å². The quantitative estimate of drug-likeness (QED) is 0.574. The van der Waals surface area contributed by atoms with Gasteiger partial charge in [-0.1, -0.05) is 32.0 Å². The van der Waals surface area contributed by atoms with Crippen LogP contribution in [0.2, 0.25) is 0 Å². The number of likely N-dealkylation sites (N-methyl/N-ethyl adjacent to an activating group) is 1. The molecule has 0 bridgehead atoms. The topological polar surface area (TPSA) is 60.0 Å². The van der Waals surface area contributed by atoms with Gasteiger partial charge in [0.1, 0.15) is 12.4 Å². The molecular formula is C24H34N2O4. The molecule has 0 spiro atoms. The van der Waals surface area contributed by atoms with Crippen LogP contribution in [0, 0.1) is 13.8 Å². The van der Waals surface area contributed by atoms with E-state index in [9.17, 15) is 4.79 Å². The van der Waals surface area contributed by atoms with Crippen molar-refractivity contribution in [3.05, 3.63) is 53.1 Å². The fourth-order valence-corrected chi connectivity index (χ4v) is 3.02. The zero-order valence-electron chi connectivity index (χ0n) is 18.8. The third-order valence-electron chi connectivity index (χ3n) is 4.98. The molecule has 0 saturated carbocycles. The molecule has 0 aromatic heterocycles. The predicted octanol–water partition coefficient (Wildman–Crippen LogP) is 3.73. The molecule has 0 radical (unpaired) electrons. The van der Waals surface area contributed by atoms with Crippen LogP contribution in [0.15, 0.2) is 36.4 Å². The Hall–Kier alpha value is -2.73. The van der Waals surface area contributed by atoms with E-state index in [1.165, 1.54) is 0 Å². The summed E-state index contributed by atoms with van der Waals surface area (Å²) >= 11 is 0. The fraction of sp³-hybridized carbons (Fsp3) is 0.458. The van der Waals surface area contributed by atoms with Gasteiger partial charge in [0.2, 0.25) is 0 Å². The third-order valence-corrected chi connectivity index (χ3v) is 4.98. The Labute approximate surface area is 180 Å². The number of benzene rings is 2. The molecule has 0 aliphatic carbocycles. The highest BCUT2D eigenvalue weighted by atomic mass is 16.5. The molecule has 0 unspecified atom stereocenters. The number of hydrogen-bond acceptors (Lipinski definition) is 5. The molecule has 1 amide bonds. The second-order valence-electron chi connectivity index (χ2n) is 7.19. The normalized spacial score (nSPS) is 10.7. The maximum absolute atomic E-state index is 12.2. The minimum absolute atomic E-state index is 0.0199. The van der Waals surface area contributed by atoms with E-state index in [1.807, 2.05) is 50.2 Å². The molecule has 6 nitrogen and oxygen atoms in total. The zero-order chi connectivity index (χ0) is 21.9. The number of ether oxygens (including phenoxy) is 3. The van der Waals surface area contributed by atoms with Crippen LogP contribution in [-0.4, -0.2) is 50.8 Å². The van der Waals surface area contributed by atoms with E-state index in [0.717, 1.165) is 42.1 Å². The van der Waals surface area contributed by atoms with Crippen LogP contribution >= 0.6 is 0 Å². The largest absolute Gasteiger partial charge is 0.493 e. The van der Waals surface area contributed by atoms with Crippen molar-refractivity contribution in [1.82, 2.24) is 10.2 Å². The first-order chi connectivity index (χ1) is 14.5. The molecule has 0 aliphatic heterocycles. The van der Waals surface area contributed by atoms with Gasteiger partial charge in [0.25, 0.3) is 5.91 Å². The molecule has 0 atom stereocenters. The molecule has 0 saturated heterocycles. The lowest BCUT2D eigenvalue weighted by Gasteiger charge is -2.19. The second kappa shape index (κ2) is 12.1. The fourth-order valence-electron chi connectivity index (χ4n) is 3.02. The summed E-state index contributed by atoms with van der Waals surface area (Å²) in [6, 6.07) is 11.6. The van der Waals surface area contributed by atoms with E-state index in [-0.39, 0.29) is 12.5 Å². The summed E-state index contributed by atoms with van der Waals surface area (Å²) in [5, 5.41) is 2.88. The van der Waals surface area contributed by atoms with Gasteiger partial charge in [0.15, 0.2) is 18.1 Å². The van der Waals surface area contributed by atoms with Crippen molar-refractivity contribution in [2.75, 3.05) is 40.0 Å². The van der Waals surface area contributed by atoms with Gasteiger partial charge in [-0.25, -0.2) is 0 Å². The number of rotatable bonds is 12. The number of nitrogens with one attached hydrogen (secondary N) is 1. The van der Waals surface area contributed by atoms with Gasteiger partial charge in [0.05, 0.1) is 7.11 Å². The lowest BCUT2D eigenvalue weighted by Crippen LogP contribution is -2.28. The highest BCUT2D eigenvalue weighted by Crippen LogP contribution is 2.28. The maximum Gasteiger partial charge on any atom is 0.258 e. The summed E-state index contributed by atoms with van der Waals surface area (Å²) in [7, 11) is 1.62. The summed E-state index contributed by atoms with van der Waals surface area (Å²) in [5.41, 5.74) is 3.04. The molecular weight excluding hydrogens is 380 g/mol. The van der Waals surface area contributed by atoms with Crippen LogP contribution < -0.4 is 19.5 Å². The van der Waals surface area contributed by atoms with E-state index in [2.05, 4.69) is 24.1 Å². The van der Waals surface area contributed by atoms with Crippen LogP contribution in [0.3, 0.4) is 0 Å². The summed E-state index contributed by atoms with van der Waals surface area (Å²) in [6.45, 7) is 12.1. The van der Waals surface area contributed by atoms with Crippen LogP contribution in [0.1, 0.15) is 30.5 Å². The van der Waals surface area contributed by atoms with Crippen molar-refractivity contribution in [3.63, 3.8) is 0 Å². The summed E-state index contributed by atoms with van der Waals surface area (Å²) < 4.78 is 17.0. The first-order valence-electron chi connectivity index (χ1n) is 10.5. The van der Waals surface area contributed by atoms with Crippen LogP contribution in [0.5, 0.6) is 17.2 Å².